The van der Waals surface area contributed by atoms with E-state index in [2.05, 4.69) is 15.6 Å². The summed E-state index contributed by atoms with van der Waals surface area (Å²) < 4.78 is 7.20. The molecule has 3 aromatic rings. The van der Waals surface area contributed by atoms with Crippen molar-refractivity contribution < 1.29 is 14.3 Å². The molecule has 3 heterocycles. The summed E-state index contributed by atoms with van der Waals surface area (Å²) in [7, 11) is 1.57. The SMILES string of the molecule is COc1ccc(-c2nc3ccccn3c2NC=O)c2c1NC(=O)CC2. The second kappa shape index (κ2) is 5.94. The van der Waals surface area contributed by atoms with Gasteiger partial charge in [0, 0.05) is 18.2 Å². The van der Waals surface area contributed by atoms with Gasteiger partial charge in [0.05, 0.1) is 12.8 Å². The molecule has 0 spiro atoms. The van der Waals surface area contributed by atoms with E-state index in [0.717, 1.165) is 16.8 Å². The van der Waals surface area contributed by atoms with Gasteiger partial charge in [0.1, 0.15) is 22.9 Å². The Balaban J connectivity index is 1.98. The lowest BCUT2D eigenvalue weighted by Crippen LogP contribution is -2.20. The predicted octanol–water partition coefficient (Wildman–Crippen LogP) is 2.46. The van der Waals surface area contributed by atoms with E-state index >= 15 is 0 Å². The fraction of sp³-hybridized carbons (Fsp3) is 0.167. The number of nitrogens with one attached hydrogen (secondary N) is 2. The number of carbonyl (C=O) groups excluding carboxylic acids is 2. The average molecular weight is 336 g/mol. The molecule has 2 aromatic heterocycles. The van der Waals surface area contributed by atoms with Crippen LogP contribution in [-0.2, 0) is 16.0 Å². The lowest BCUT2D eigenvalue weighted by Gasteiger charge is -2.22. The third-order valence-electron chi connectivity index (χ3n) is 4.34. The summed E-state index contributed by atoms with van der Waals surface area (Å²) in [5.74, 6) is 1.17. The minimum atomic E-state index is -0.0378. The minimum Gasteiger partial charge on any atom is -0.495 e. The number of anilines is 2. The molecule has 0 aliphatic carbocycles. The summed E-state index contributed by atoms with van der Waals surface area (Å²) in [5.41, 5.74) is 3.88. The maximum atomic E-state index is 11.8. The topological polar surface area (TPSA) is 84.7 Å². The van der Waals surface area contributed by atoms with Crippen LogP contribution in [0.2, 0.25) is 0 Å². The van der Waals surface area contributed by atoms with Crippen molar-refractivity contribution in [1.82, 2.24) is 9.38 Å². The highest BCUT2D eigenvalue weighted by molar-refractivity contribution is 5.98. The van der Waals surface area contributed by atoms with Gasteiger partial charge in [0.25, 0.3) is 0 Å². The molecule has 7 nitrogen and oxygen atoms in total. The largest absolute Gasteiger partial charge is 0.495 e. The van der Waals surface area contributed by atoms with E-state index < -0.39 is 0 Å². The average Bonchev–Trinajstić information content (AvgIpc) is 2.99. The zero-order valence-corrected chi connectivity index (χ0v) is 13.6. The highest BCUT2D eigenvalue weighted by atomic mass is 16.5. The number of imidazole rings is 1. The van der Waals surface area contributed by atoms with Gasteiger partial charge in [-0.2, -0.15) is 0 Å². The lowest BCUT2D eigenvalue weighted by atomic mass is 9.94. The zero-order valence-electron chi connectivity index (χ0n) is 13.6. The van der Waals surface area contributed by atoms with Crippen molar-refractivity contribution in [2.24, 2.45) is 0 Å². The van der Waals surface area contributed by atoms with Crippen molar-refractivity contribution in [2.75, 3.05) is 17.7 Å². The van der Waals surface area contributed by atoms with Crippen molar-refractivity contribution >= 4 is 29.5 Å². The van der Waals surface area contributed by atoms with Crippen LogP contribution in [0.3, 0.4) is 0 Å². The monoisotopic (exact) mass is 336 g/mol. The number of ether oxygens (including phenoxy) is 1. The van der Waals surface area contributed by atoms with E-state index in [1.165, 1.54) is 0 Å². The van der Waals surface area contributed by atoms with Crippen molar-refractivity contribution in [3.8, 4) is 17.0 Å². The molecule has 0 atom stereocenters. The molecule has 1 aliphatic rings. The molecule has 1 aromatic carbocycles. The highest BCUT2D eigenvalue weighted by Gasteiger charge is 2.25. The molecule has 4 rings (SSSR count). The Morgan fingerprint density at radius 3 is 2.96 bits per heavy atom. The van der Waals surface area contributed by atoms with Gasteiger partial charge in [-0.3, -0.25) is 14.0 Å². The van der Waals surface area contributed by atoms with Gasteiger partial charge in [-0.1, -0.05) is 6.07 Å². The van der Waals surface area contributed by atoms with Crippen LogP contribution in [0.1, 0.15) is 12.0 Å². The van der Waals surface area contributed by atoms with Gasteiger partial charge in [-0.15, -0.1) is 0 Å². The Morgan fingerprint density at radius 1 is 1.28 bits per heavy atom. The van der Waals surface area contributed by atoms with Crippen LogP contribution >= 0.6 is 0 Å². The van der Waals surface area contributed by atoms with Crippen LogP contribution in [0.4, 0.5) is 11.5 Å². The van der Waals surface area contributed by atoms with Gasteiger partial charge in [-0.25, -0.2) is 4.98 Å². The molecule has 25 heavy (non-hydrogen) atoms. The van der Waals surface area contributed by atoms with Crippen LogP contribution in [0, 0.1) is 0 Å². The molecular formula is C18H16N4O3. The Morgan fingerprint density at radius 2 is 2.16 bits per heavy atom. The summed E-state index contributed by atoms with van der Waals surface area (Å²) in [4.78, 5) is 27.6. The molecular weight excluding hydrogens is 320 g/mol. The number of benzene rings is 1. The molecule has 7 heteroatoms. The standard InChI is InChI=1S/C18H16N4O3/c1-25-13-7-5-12(11-6-8-15(24)21-16(11)13)17-18(19-10-23)22-9-3-2-4-14(22)20-17/h2-5,7,9-10H,6,8H2,1H3,(H,19,23)(H,21,24). The Hall–Kier alpha value is -3.35. The molecule has 0 bridgehead atoms. The molecule has 0 unspecified atom stereocenters. The first-order chi connectivity index (χ1) is 12.2. The normalized spacial score (nSPS) is 13.2. The van der Waals surface area contributed by atoms with E-state index in [9.17, 15) is 9.59 Å². The number of nitrogens with zero attached hydrogens (tertiary/aromatic N) is 2. The van der Waals surface area contributed by atoms with E-state index in [0.29, 0.717) is 42.2 Å². The first-order valence-corrected chi connectivity index (χ1v) is 7.90. The van der Waals surface area contributed by atoms with Crippen LogP contribution in [0.25, 0.3) is 16.9 Å². The quantitative estimate of drug-likeness (QED) is 0.717. The predicted molar refractivity (Wildman–Crippen MR) is 93.8 cm³/mol. The summed E-state index contributed by atoms with van der Waals surface area (Å²) in [5, 5.41) is 5.63. The smallest absolute Gasteiger partial charge is 0.224 e. The second-order valence-electron chi connectivity index (χ2n) is 5.72. The van der Waals surface area contributed by atoms with Gasteiger partial charge < -0.3 is 15.4 Å². The first kappa shape index (κ1) is 15.2. The number of fused-ring (bicyclic) bond motifs is 2. The number of hydrogen-bond donors (Lipinski definition) is 2. The Bertz CT molecular complexity index is 993. The number of aromatic nitrogens is 2. The van der Waals surface area contributed by atoms with Gasteiger partial charge >= 0.3 is 0 Å². The van der Waals surface area contributed by atoms with Gasteiger partial charge in [0.15, 0.2) is 0 Å². The molecule has 0 fully saturated rings. The molecule has 2 N–H and O–H groups in total. The fourth-order valence-electron chi connectivity index (χ4n) is 3.23. The van der Waals surface area contributed by atoms with Crippen molar-refractivity contribution in [3.63, 3.8) is 0 Å². The maximum absolute atomic E-state index is 11.8. The van der Waals surface area contributed by atoms with Crippen LogP contribution in [-0.4, -0.2) is 28.8 Å². The molecule has 126 valence electrons. The number of rotatable bonds is 4. The summed E-state index contributed by atoms with van der Waals surface area (Å²) >= 11 is 0. The number of hydrogen-bond acceptors (Lipinski definition) is 4. The molecule has 2 amide bonds. The van der Waals surface area contributed by atoms with E-state index in [-0.39, 0.29) is 5.91 Å². The van der Waals surface area contributed by atoms with Crippen molar-refractivity contribution in [1.29, 1.82) is 0 Å². The summed E-state index contributed by atoms with van der Waals surface area (Å²) in [6.45, 7) is 0. The van der Waals surface area contributed by atoms with E-state index in [4.69, 9.17) is 4.74 Å². The fourth-order valence-corrected chi connectivity index (χ4v) is 3.23. The molecule has 0 radical (unpaired) electrons. The lowest BCUT2D eigenvalue weighted by molar-refractivity contribution is -0.116. The third-order valence-corrected chi connectivity index (χ3v) is 4.34. The number of carbonyl (C=O) groups is 2. The molecule has 0 saturated heterocycles. The van der Waals surface area contributed by atoms with Crippen LogP contribution < -0.4 is 15.4 Å². The Labute approximate surface area is 143 Å². The van der Waals surface area contributed by atoms with Crippen LogP contribution in [0.15, 0.2) is 36.5 Å². The number of pyridine rings is 1. The summed E-state index contributed by atoms with van der Waals surface area (Å²) in [6.07, 6.45) is 3.46. The third kappa shape index (κ3) is 2.40. The van der Waals surface area contributed by atoms with Gasteiger partial charge in [0.2, 0.25) is 12.3 Å². The highest BCUT2D eigenvalue weighted by Crippen LogP contribution is 2.41. The molecule has 0 saturated carbocycles. The van der Waals surface area contributed by atoms with Gasteiger partial charge in [-0.05, 0) is 36.2 Å². The first-order valence-electron chi connectivity index (χ1n) is 7.90. The van der Waals surface area contributed by atoms with Crippen molar-refractivity contribution in [2.45, 2.75) is 12.8 Å². The van der Waals surface area contributed by atoms with Crippen LogP contribution in [0.5, 0.6) is 5.75 Å². The second-order valence-corrected chi connectivity index (χ2v) is 5.72. The maximum Gasteiger partial charge on any atom is 0.224 e. The zero-order chi connectivity index (χ0) is 17.4. The van der Waals surface area contributed by atoms with E-state index in [1.54, 1.807) is 13.2 Å². The summed E-state index contributed by atoms with van der Waals surface area (Å²) in [6, 6.07) is 9.34. The Kier molecular flexibility index (Phi) is 3.61. The minimum absolute atomic E-state index is 0.0378. The number of amides is 2. The van der Waals surface area contributed by atoms with E-state index in [1.807, 2.05) is 34.9 Å². The van der Waals surface area contributed by atoms with Crippen molar-refractivity contribution in [3.05, 3.63) is 42.1 Å². The number of methoxy groups -OCH3 is 1. The molecule has 1 aliphatic heterocycles.